The molecule has 0 spiro atoms. The molecule has 0 unspecified atom stereocenters. The van der Waals surface area contributed by atoms with Crippen LogP contribution in [0.4, 0.5) is 0 Å². The van der Waals surface area contributed by atoms with Gasteiger partial charge in [0.2, 0.25) is 0 Å². The predicted octanol–water partition coefficient (Wildman–Crippen LogP) is -3.19. The van der Waals surface area contributed by atoms with Gasteiger partial charge in [-0.3, -0.25) is 0 Å². The summed E-state index contributed by atoms with van der Waals surface area (Å²) in [5.74, 6) is 0. The smallest absolute Gasteiger partial charge is 0.402 e. The highest BCUT2D eigenvalue weighted by Crippen LogP contribution is 1.40. The molecule has 6 heteroatoms. The molecule has 0 aromatic rings. The van der Waals surface area contributed by atoms with E-state index in [1.807, 2.05) is 0 Å². The molecule has 0 aliphatic carbocycles. The van der Waals surface area contributed by atoms with E-state index in [2.05, 4.69) is 11.5 Å². The summed E-state index contributed by atoms with van der Waals surface area (Å²) in [6.07, 6.45) is 0. The molecular weight excluding hydrogens is 98.8 g/mol. The van der Waals surface area contributed by atoms with Crippen LogP contribution in [0.1, 0.15) is 0 Å². The molecule has 0 fully saturated rings. The van der Waals surface area contributed by atoms with E-state index in [4.69, 9.17) is 15.1 Å². The Kier molecular flexibility index (Phi) is 13.2. The molecule has 0 saturated heterocycles. The van der Waals surface area contributed by atoms with E-state index in [1.165, 1.54) is 0 Å². The van der Waals surface area contributed by atoms with Crippen LogP contribution in [0, 0.1) is 0 Å². The third-order valence-corrected chi connectivity index (χ3v) is 0. The van der Waals surface area contributed by atoms with Crippen molar-refractivity contribution >= 4 is 7.32 Å². The number of hydrogen-bond donors (Lipinski definition) is 5. The van der Waals surface area contributed by atoms with E-state index in [-0.39, 0.29) is 6.67 Å². The summed E-state index contributed by atoms with van der Waals surface area (Å²) >= 11 is 0. The Bertz CT molecular complexity index is 24.1. The zero-order valence-electron chi connectivity index (χ0n) is 3.78. The van der Waals surface area contributed by atoms with E-state index in [0.29, 0.717) is 0 Å². The SMILES string of the molecule is NCN.OB(O)O. The van der Waals surface area contributed by atoms with Crippen LogP contribution in [0.25, 0.3) is 0 Å². The normalized spacial score (nSPS) is 6.43. The van der Waals surface area contributed by atoms with Crippen LogP contribution in [-0.2, 0) is 0 Å². The van der Waals surface area contributed by atoms with E-state index in [1.54, 1.807) is 0 Å². The molecule has 0 aliphatic rings. The van der Waals surface area contributed by atoms with Crippen molar-refractivity contribution in [1.82, 2.24) is 0 Å². The molecular formula is CH9BN2O3. The third-order valence-electron chi connectivity index (χ3n) is 0. The Hall–Kier alpha value is -0.135. The van der Waals surface area contributed by atoms with Gasteiger partial charge in [-0.05, 0) is 0 Å². The van der Waals surface area contributed by atoms with Gasteiger partial charge in [0.05, 0.1) is 0 Å². The van der Waals surface area contributed by atoms with Gasteiger partial charge in [-0.2, -0.15) is 0 Å². The van der Waals surface area contributed by atoms with Crippen LogP contribution in [0.3, 0.4) is 0 Å². The van der Waals surface area contributed by atoms with Crippen LogP contribution in [0.5, 0.6) is 0 Å². The van der Waals surface area contributed by atoms with Crippen molar-refractivity contribution in [2.75, 3.05) is 6.67 Å². The highest BCUT2D eigenvalue weighted by Gasteiger charge is 1.92. The minimum absolute atomic E-state index is 0.250. The van der Waals surface area contributed by atoms with Gasteiger partial charge in [-0.25, -0.2) is 0 Å². The van der Waals surface area contributed by atoms with Gasteiger partial charge < -0.3 is 26.5 Å². The van der Waals surface area contributed by atoms with Crippen molar-refractivity contribution < 1.29 is 15.1 Å². The molecule has 7 heavy (non-hydrogen) atoms. The summed E-state index contributed by atoms with van der Waals surface area (Å²) in [5, 5.41) is 21.5. The van der Waals surface area contributed by atoms with Gasteiger partial charge in [-0.1, -0.05) is 0 Å². The third kappa shape index (κ3) is 4800. The van der Waals surface area contributed by atoms with E-state index < -0.39 is 7.32 Å². The molecule has 0 aromatic heterocycles. The molecule has 7 N–H and O–H groups in total. The molecule has 0 saturated carbocycles. The maximum absolute atomic E-state index is 7.17. The van der Waals surface area contributed by atoms with Crippen molar-refractivity contribution in [3.05, 3.63) is 0 Å². The first-order chi connectivity index (χ1) is 3.15. The Labute approximate surface area is 41.7 Å². The van der Waals surface area contributed by atoms with Gasteiger partial charge in [0.1, 0.15) is 0 Å². The molecule has 0 amide bonds. The van der Waals surface area contributed by atoms with Gasteiger partial charge in [0, 0.05) is 6.67 Å². The Balaban J connectivity index is 0. The highest BCUT2D eigenvalue weighted by atomic mass is 16.5. The summed E-state index contributed by atoms with van der Waals surface area (Å²) in [5.41, 5.74) is 9.25. The largest absolute Gasteiger partial charge is 0.631 e. The molecule has 0 heterocycles. The minimum Gasteiger partial charge on any atom is -0.402 e. The second-order valence-corrected chi connectivity index (χ2v) is 0.582. The second-order valence-electron chi connectivity index (χ2n) is 0.582. The quantitative estimate of drug-likeness (QED) is 0.166. The number of rotatable bonds is 0. The molecule has 0 aliphatic heterocycles. The minimum atomic E-state index is -2.17. The average molecular weight is 108 g/mol. The summed E-state index contributed by atoms with van der Waals surface area (Å²) in [6, 6.07) is 0. The van der Waals surface area contributed by atoms with Crippen molar-refractivity contribution in [3.63, 3.8) is 0 Å². The molecule has 0 rings (SSSR count). The van der Waals surface area contributed by atoms with Crippen LogP contribution in [-0.4, -0.2) is 29.1 Å². The van der Waals surface area contributed by atoms with Crippen LogP contribution in [0.2, 0.25) is 0 Å². The fraction of sp³-hybridized carbons (Fsp3) is 1.00. The van der Waals surface area contributed by atoms with Gasteiger partial charge in [0.25, 0.3) is 0 Å². The van der Waals surface area contributed by atoms with Crippen molar-refractivity contribution in [3.8, 4) is 0 Å². The predicted molar refractivity (Wildman–Crippen MR) is 25.7 cm³/mol. The standard InChI is InChI=1S/CH6N2.BH3O3/c2-1-3;2-1(3)4/h1-3H2;2-4H. The van der Waals surface area contributed by atoms with Crippen LogP contribution >= 0.6 is 0 Å². The number of nitrogens with two attached hydrogens (primary N) is 2. The summed E-state index contributed by atoms with van der Waals surface area (Å²) in [4.78, 5) is 0. The maximum Gasteiger partial charge on any atom is 0.631 e. The second kappa shape index (κ2) is 9.29. The lowest BCUT2D eigenvalue weighted by Crippen LogP contribution is -2.08. The zero-order valence-corrected chi connectivity index (χ0v) is 3.78. The van der Waals surface area contributed by atoms with Gasteiger partial charge >= 0.3 is 7.32 Å². The first-order valence-corrected chi connectivity index (χ1v) is 1.59. The monoisotopic (exact) mass is 108 g/mol. The molecule has 0 bridgehead atoms. The Morgan fingerprint density at radius 1 is 1.14 bits per heavy atom. The van der Waals surface area contributed by atoms with Gasteiger partial charge in [-0.15, -0.1) is 0 Å². The molecule has 0 aromatic carbocycles. The fourth-order valence-electron chi connectivity index (χ4n) is 0. The average Bonchev–Trinajstić information content (AvgIpc) is 1.33. The van der Waals surface area contributed by atoms with Gasteiger partial charge in [0.15, 0.2) is 0 Å². The van der Waals surface area contributed by atoms with Crippen LogP contribution in [0.15, 0.2) is 0 Å². The zero-order chi connectivity index (χ0) is 6.28. The number of hydrogen-bond acceptors (Lipinski definition) is 5. The summed E-state index contributed by atoms with van der Waals surface area (Å²) in [7, 11) is -2.17. The molecule has 0 atom stereocenters. The van der Waals surface area contributed by atoms with E-state index in [9.17, 15) is 0 Å². The van der Waals surface area contributed by atoms with Crippen molar-refractivity contribution in [2.45, 2.75) is 0 Å². The van der Waals surface area contributed by atoms with E-state index in [0.717, 1.165) is 0 Å². The lowest BCUT2D eigenvalue weighted by Gasteiger charge is -1.69. The Morgan fingerprint density at radius 3 is 1.14 bits per heavy atom. The lowest BCUT2D eigenvalue weighted by molar-refractivity contribution is 0.278. The maximum atomic E-state index is 7.17. The van der Waals surface area contributed by atoms with E-state index >= 15 is 0 Å². The van der Waals surface area contributed by atoms with Crippen molar-refractivity contribution in [2.24, 2.45) is 11.5 Å². The first-order valence-electron chi connectivity index (χ1n) is 1.59. The highest BCUT2D eigenvalue weighted by molar-refractivity contribution is 6.30. The van der Waals surface area contributed by atoms with Crippen molar-refractivity contribution in [1.29, 1.82) is 0 Å². The molecule has 44 valence electrons. The summed E-state index contributed by atoms with van der Waals surface area (Å²) < 4.78 is 0. The molecule has 5 nitrogen and oxygen atoms in total. The topological polar surface area (TPSA) is 113 Å². The lowest BCUT2D eigenvalue weighted by atomic mass is 10.3. The van der Waals surface area contributed by atoms with Crippen LogP contribution < -0.4 is 11.5 Å². The molecule has 0 radical (unpaired) electrons. The summed E-state index contributed by atoms with van der Waals surface area (Å²) in [6.45, 7) is 0.250. The first kappa shape index (κ1) is 9.98. The fourth-order valence-corrected chi connectivity index (χ4v) is 0. The Morgan fingerprint density at radius 2 is 1.14 bits per heavy atom.